The molecule has 1 saturated carbocycles. The zero-order valence-corrected chi connectivity index (χ0v) is 13.4. The van der Waals surface area contributed by atoms with Crippen molar-refractivity contribution in [2.75, 3.05) is 19.6 Å². The third-order valence-electron chi connectivity index (χ3n) is 4.95. The second-order valence-electron chi connectivity index (χ2n) is 6.61. The first-order chi connectivity index (χ1) is 10.4. The Balaban J connectivity index is 1.49. The van der Waals surface area contributed by atoms with Gasteiger partial charge in [0, 0.05) is 23.8 Å². The fourth-order valence-electron chi connectivity index (χ4n) is 3.55. The van der Waals surface area contributed by atoms with Crippen molar-refractivity contribution in [2.45, 2.75) is 38.3 Å². The molecule has 1 N–H and O–H groups in total. The Bertz CT molecular complexity index is 596. The van der Waals surface area contributed by atoms with Crippen LogP contribution in [0.4, 0.5) is 0 Å². The lowest BCUT2D eigenvalue weighted by molar-refractivity contribution is 0.191. The molecule has 112 valence electrons. The van der Waals surface area contributed by atoms with E-state index < -0.39 is 0 Å². The number of nitrogens with zero attached hydrogens (tertiary/aromatic N) is 1. The molecule has 1 aliphatic carbocycles. The van der Waals surface area contributed by atoms with Gasteiger partial charge in [-0.1, -0.05) is 18.2 Å². The third kappa shape index (κ3) is 3.15. The Morgan fingerprint density at radius 3 is 2.71 bits per heavy atom. The summed E-state index contributed by atoms with van der Waals surface area (Å²) in [7, 11) is 0. The van der Waals surface area contributed by atoms with Crippen molar-refractivity contribution in [3.63, 3.8) is 0 Å². The number of piperidine rings is 1. The summed E-state index contributed by atoms with van der Waals surface area (Å²) in [4.78, 5) is 2.77. The lowest BCUT2D eigenvalue weighted by Crippen LogP contribution is -2.36. The number of fused-ring (bicyclic) bond motifs is 1. The van der Waals surface area contributed by atoms with E-state index in [1.807, 2.05) is 11.3 Å². The number of hydrogen-bond donors (Lipinski definition) is 1. The number of rotatable bonds is 5. The summed E-state index contributed by atoms with van der Waals surface area (Å²) in [6.45, 7) is 4.88. The first kappa shape index (κ1) is 13.7. The molecule has 1 saturated heterocycles. The van der Waals surface area contributed by atoms with Gasteiger partial charge in [0.15, 0.2) is 0 Å². The van der Waals surface area contributed by atoms with Gasteiger partial charge in [0.2, 0.25) is 0 Å². The summed E-state index contributed by atoms with van der Waals surface area (Å²) in [5.41, 5.74) is 1.54. The lowest BCUT2D eigenvalue weighted by Gasteiger charge is -2.30. The Morgan fingerprint density at radius 1 is 1.10 bits per heavy atom. The van der Waals surface area contributed by atoms with Crippen LogP contribution in [0.1, 0.15) is 31.2 Å². The topological polar surface area (TPSA) is 15.3 Å². The van der Waals surface area contributed by atoms with Crippen molar-refractivity contribution in [2.24, 2.45) is 5.92 Å². The summed E-state index contributed by atoms with van der Waals surface area (Å²) >= 11 is 1.90. The molecule has 0 amide bonds. The minimum atomic E-state index is 0.860. The molecule has 0 atom stereocenters. The highest BCUT2D eigenvalue weighted by atomic mass is 32.1. The Labute approximate surface area is 131 Å². The number of benzene rings is 1. The molecule has 0 spiro atoms. The minimum Gasteiger partial charge on any atom is -0.317 e. The molecule has 2 nitrogen and oxygen atoms in total. The maximum Gasteiger partial charge on any atom is 0.0346 e. The van der Waals surface area contributed by atoms with Crippen LogP contribution in [0.3, 0.4) is 0 Å². The smallest absolute Gasteiger partial charge is 0.0346 e. The van der Waals surface area contributed by atoms with E-state index >= 15 is 0 Å². The van der Waals surface area contributed by atoms with Crippen LogP contribution in [-0.2, 0) is 6.54 Å². The van der Waals surface area contributed by atoms with Gasteiger partial charge in [0.25, 0.3) is 0 Å². The molecule has 21 heavy (non-hydrogen) atoms. The molecule has 1 aliphatic heterocycles. The quantitative estimate of drug-likeness (QED) is 0.902. The van der Waals surface area contributed by atoms with Crippen LogP contribution in [-0.4, -0.2) is 30.6 Å². The highest BCUT2D eigenvalue weighted by Gasteiger charge is 2.31. The molecule has 1 aromatic carbocycles. The number of nitrogens with one attached hydrogen (secondary N) is 1. The van der Waals surface area contributed by atoms with E-state index in [9.17, 15) is 0 Å². The molecule has 1 aromatic heterocycles. The predicted molar refractivity (Wildman–Crippen MR) is 90.9 cm³/mol. The molecule has 2 heterocycles. The van der Waals surface area contributed by atoms with E-state index in [1.165, 1.54) is 61.0 Å². The summed E-state index contributed by atoms with van der Waals surface area (Å²) in [5, 5.41) is 7.33. The summed E-state index contributed by atoms with van der Waals surface area (Å²) in [6, 6.07) is 9.72. The van der Waals surface area contributed by atoms with Crippen LogP contribution < -0.4 is 5.32 Å². The molecule has 2 aromatic rings. The van der Waals surface area contributed by atoms with Gasteiger partial charge in [-0.05, 0) is 67.1 Å². The van der Waals surface area contributed by atoms with Gasteiger partial charge < -0.3 is 5.32 Å². The van der Waals surface area contributed by atoms with Gasteiger partial charge >= 0.3 is 0 Å². The molecule has 3 heteroatoms. The van der Waals surface area contributed by atoms with Crippen molar-refractivity contribution in [3.8, 4) is 0 Å². The van der Waals surface area contributed by atoms with E-state index in [1.54, 1.807) is 0 Å². The molecule has 0 unspecified atom stereocenters. The first-order valence-electron chi connectivity index (χ1n) is 8.30. The van der Waals surface area contributed by atoms with E-state index in [-0.39, 0.29) is 0 Å². The predicted octanol–water partition coefficient (Wildman–Crippen LogP) is 3.87. The third-order valence-corrected chi connectivity index (χ3v) is 5.96. The fraction of sp³-hybridized carbons (Fsp3) is 0.556. The standard InChI is InChI=1S/C18H24N2S/c1-2-4-18-17(3-1)15(13-21-18)12-20(16-5-6-16)11-14-7-9-19-10-8-14/h1-4,13-14,16,19H,5-12H2. The Hall–Kier alpha value is -0.900. The Kier molecular flexibility index (Phi) is 3.97. The number of thiophene rings is 1. The summed E-state index contributed by atoms with van der Waals surface area (Å²) in [5.74, 6) is 0.900. The van der Waals surface area contributed by atoms with Gasteiger partial charge in [-0.3, -0.25) is 4.90 Å². The second kappa shape index (κ2) is 6.07. The SMILES string of the molecule is c1ccc2c(CN(CC3CCNCC3)C3CC3)csc2c1. The minimum absolute atomic E-state index is 0.860. The van der Waals surface area contributed by atoms with E-state index in [0.717, 1.165) is 18.5 Å². The van der Waals surface area contributed by atoms with Crippen molar-refractivity contribution in [1.82, 2.24) is 10.2 Å². The van der Waals surface area contributed by atoms with Crippen molar-refractivity contribution in [3.05, 3.63) is 35.2 Å². The van der Waals surface area contributed by atoms with E-state index in [2.05, 4.69) is 39.9 Å². The molecule has 2 fully saturated rings. The van der Waals surface area contributed by atoms with Crippen LogP contribution in [0.2, 0.25) is 0 Å². The zero-order chi connectivity index (χ0) is 14.1. The highest BCUT2D eigenvalue weighted by molar-refractivity contribution is 7.17. The molecular formula is C18H24N2S. The lowest BCUT2D eigenvalue weighted by atomic mass is 9.97. The van der Waals surface area contributed by atoms with Crippen molar-refractivity contribution in [1.29, 1.82) is 0 Å². The average molecular weight is 300 g/mol. The van der Waals surface area contributed by atoms with Gasteiger partial charge in [-0.25, -0.2) is 0 Å². The molecular weight excluding hydrogens is 276 g/mol. The average Bonchev–Trinajstić information content (AvgIpc) is 3.30. The second-order valence-corrected chi connectivity index (χ2v) is 7.52. The molecule has 4 rings (SSSR count). The largest absolute Gasteiger partial charge is 0.317 e. The first-order valence-corrected chi connectivity index (χ1v) is 9.18. The highest BCUT2D eigenvalue weighted by Crippen LogP contribution is 2.33. The normalized spacial score (nSPS) is 20.4. The summed E-state index contributed by atoms with van der Waals surface area (Å²) in [6.07, 6.45) is 5.53. The van der Waals surface area contributed by atoms with Gasteiger partial charge in [0.05, 0.1) is 0 Å². The van der Waals surface area contributed by atoms with Gasteiger partial charge in [-0.2, -0.15) is 0 Å². The van der Waals surface area contributed by atoms with E-state index in [0.29, 0.717) is 0 Å². The molecule has 0 bridgehead atoms. The molecule has 2 aliphatic rings. The Morgan fingerprint density at radius 2 is 1.90 bits per heavy atom. The number of hydrogen-bond acceptors (Lipinski definition) is 3. The van der Waals surface area contributed by atoms with Crippen LogP contribution in [0.15, 0.2) is 29.6 Å². The van der Waals surface area contributed by atoms with Crippen LogP contribution in [0.25, 0.3) is 10.1 Å². The van der Waals surface area contributed by atoms with Crippen molar-refractivity contribution < 1.29 is 0 Å². The zero-order valence-electron chi connectivity index (χ0n) is 12.6. The van der Waals surface area contributed by atoms with Crippen molar-refractivity contribution >= 4 is 21.4 Å². The molecule has 0 radical (unpaired) electrons. The maximum absolute atomic E-state index is 3.49. The van der Waals surface area contributed by atoms with Crippen LogP contribution in [0.5, 0.6) is 0 Å². The van der Waals surface area contributed by atoms with Crippen LogP contribution >= 0.6 is 11.3 Å². The van der Waals surface area contributed by atoms with E-state index in [4.69, 9.17) is 0 Å². The monoisotopic (exact) mass is 300 g/mol. The van der Waals surface area contributed by atoms with Crippen LogP contribution in [0, 0.1) is 5.92 Å². The van der Waals surface area contributed by atoms with Gasteiger partial charge in [-0.15, -0.1) is 11.3 Å². The maximum atomic E-state index is 3.49. The van der Waals surface area contributed by atoms with Gasteiger partial charge in [0.1, 0.15) is 0 Å². The summed E-state index contributed by atoms with van der Waals surface area (Å²) < 4.78 is 1.44. The fourth-order valence-corrected chi connectivity index (χ4v) is 4.51.